The number of rotatable bonds is 5. The maximum absolute atomic E-state index is 13.7. The third-order valence-corrected chi connectivity index (χ3v) is 2.99. The molecule has 0 spiro atoms. The molecule has 3 heteroatoms. The van der Waals surface area contributed by atoms with Gasteiger partial charge in [0, 0.05) is 30.5 Å². The van der Waals surface area contributed by atoms with E-state index in [4.69, 9.17) is 0 Å². The van der Waals surface area contributed by atoms with Crippen molar-refractivity contribution in [2.24, 2.45) is 0 Å². The van der Waals surface area contributed by atoms with Gasteiger partial charge in [0.15, 0.2) is 0 Å². The largest absolute Gasteiger partial charge is 0.306 e. The van der Waals surface area contributed by atoms with Crippen molar-refractivity contribution in [3.8, 4) is 0 Å². The summed E-state index contributed by atoms with van der Waals surface area (Å²) in [6.45, 7) is 2.77. The van der Waals surface area contributed by atoms with E-state index in [-0.39, 0.29) is 11.9 Å². The van der Waals surface area contributed by atoms with E-state index in [1.807, 2.05) is 24.3 Å². The number of pyridine rings is 1. The van der Waals surface area contributed by atoms with Crippen molar-refractivity contribution in [1.29, 1.82) is 0 Å². The van der Waals surface area contributed by atoms with Crippen molar-refractivity contribution in [3.05, 3.63) is 65.7 Å². The molecular formula is C15H17FN2. The van der Waals surface area contributed by atoms with Crippen LogP contribution in [-0.2, 0) is 6.54 Å². The van der Waals surface area contributed by atoms with E-state index >= 15 is 0 Å². The molecule has 94 valence electrons. The molecule has 1 N–H and O–H groups in total. The lowest BCUT2D eigenvalue weighted by Gasteiger charge is -2.18. The molecular weight excluding hydrogens is 227 g/mol. The number of hydrogen-bond donors (Lipinski definition) is 1. The predicted molar refractivity (Wildman–Crippen MR) is 70.5 cm³/mol. The minimum absolute atomic E-state index is 0.0411. The van der Waals surface area contributed by atoms with Crippen LogP contribution in [0, 0.1) is 5.82 Å². The fourth-order valence-electron chi connectivity index (χ4n) is 1.97. The summed E-state index contributed by atoms with van der Waals surface area (Å²) < 4.78 is 13.7. The van der Waals surface area contributed by atoms with E-state index < -0.39 is 0 Å². The lowest BCUT2D eigenvalue weighted by atomic mass is 10.0. The third kappa shape index (κ3) is 3.14. The Morgan fingerprint density at radius 2 is 1.89 bits per heavy atom. The Balaban J connectivity index is 2.04. The molecule has 0 fully saturated rings. The second-order valence-electron chi connectivity index (χ2n) is 4.22. The zero-order valence-electron chi connectivity index (χ0n) is 10.4. The summed E-state index contributed by atoms with van der Waals surface area (Å²) in [5.74, 6) is -0.147. The van der Waals surface area contributed by atoms with E-state index in [0.717, 1.165) is 24.1 Å². The summed E-state index contributed by atoms with van der Waals surface area (Å²) in [6.07, 6.45) is 4.38. The van der Waals surface area contributed by atoms with Gasteiger partial charge in [-0.15, -0.1) is 0 Å². The molecule has 1 aromatic heterocycles. The number of hydrogen-bond acceptors (Lipinski definition) is 2. The maximum atomic E-state index is 13.7. The molecule has 0 aliphatic carbocycles. The molecule has 0 radical (unpaired) electrons. The summed E-state index contributed by atoms with van der Waals surface area (Å²) in [5.41, 5.74) is 1.88. The van der Waals surface area contributed by atoms with E-state index in [0.29, 0.717) is 0 Å². The van der Waals surface area contributed by atoms with Crippen LogP contribution in [0.1, 0.15) is 30.5 Å². The molecule has 0 saturated heterocycles. The van der Waals surface area contributed by atoms with Crippen LogP contribution >= 0.6 is 0 Å². The van der Waals surface area contributed by atoms with Crippen LogP contribution in [0.15, 0.2) is 48.8 Å². The topological polar surface area (TPSA) is 24.9 Å². The molecule has 0 amide bonds. The molecule has 0 saturated carbocycles. The van der Waals surface area contributed by atoms with Gasteiger partial charge in [-0.25, -0.2) is 4.39 Å². The van der Waals surface area contributed by atoms with Crippen LogP contribution in [0.3, 0.4) is 0 Å². The molecule has 1 heterocycles. The van der Waals surface area contributed by atoms with Crippen LogP contribution in [0.2, 0.25) is 0 Å². The lowest BCUT2D eigenvalue weighted by Crippen LogP contribution is -2.21. The SMILES string of the molecule is CCC(NCc1ccncc1)c1ccccc1F. The van der Waals surface area contributed by atoms with Crippen LogP contribution in [0.5, 0.6) is 0 Å². The lowest BCUT2D eigenvalue weighted by molar-refractivity contribution is 0.488. The molecule has 0 aliphatic rings. The number of halogens is 1. The van der Waals surface area contributed by atoms with Gasteiger partial charge in [-0.05, 0) is 30.2 Å². The zero-order chi connectivity index (χ0) is 12.8. The number of aromatic nitrogens is 1. The fourth-order valence-corrected chi connectivity index (χ4v) is 1.97. The summed E-state index contributed by atoms with van der Waals surface area (Å²) in [4.78, 5) is 3.98. The molecule has 18 heavy (non-hydrogen) atoms. The van der Waals surface area contributed by atoms with Gasteiger partial charge in [-0.1, -0.05) is 25.1 Å². The van der Waals surface area contributed by atoms with Crippen LogP contribution in [0.4, 0.5) is 4.39 Å². The van der Waals surface area contributed by atoms with Gasteiger partial charge in [0.05, 0.1) is 0 Å². The first kappa shape index (κ1) is 12.7. The first-order chi connectivity index (χ1) is 8.81. The number of nitrogens with zero attached hydrogens (tertiary/aromatic N) is 1. The molecule has 2 nitrogen and oxygen atoms in total. The Hall–Kier alpha value is -1.74. The van der Waals surface area contributed by atoms with Crippen LogP contribution < -0.4 is 5.32 Å². The van der Waals surface area contributed by atoms with Gasteiger partial charge in [0.1, 0.15) is 5.82 Å². The van der Waals surface area contributed by atoms with Gasteiger partial charge in [-0.2, -0.15) is 0 Å². The van der Waals surface area contributed by atoms with Crippen molar-refractivity contribution < 1.29 is 4.39 Å². The molecule has 1 unspecified atom stereocenters. The third-order valence-electron chi connectivity index (χ3n) is 2.99. The molecule has 2 rings (SSSR count). The van der Waals surface area contributed by atoms with E-state index in [9.17, 15) is 4.39 Å². The molecule has 1 atom stereocenters. The smallest absolute Gasteiger partial charge is 0.127 e. The van der Waals surface area contributed by atoms with Crippen LogP contribution in [-0.4, -0.2) is 4.98 Å². The summed E-state index contributed by atoms with van der Waals surface area (Å²) in [6, 6.07) is 10.9. The first-order valence-electron chi connectivity index (χ1n) is 6.18. The Bertz CT molecular complexity index is 485. The van der Waals surface area contributed by atoms with Crippen molar-refractivity contribution in [3.63, 3.8) is 0 Å². The highest BCUT2D eigenvalue weighted by Gasteiger charge is 2.12. The Labute approximate surface area is 107 Å². The van der Waals surface area contributed by atoms with Crippen molar-refractivity contribution >= 4 is 0 Å². The van der Waals surface area contributed by atoms with E-state index in [1.165, 1.54) is 6.07 Å². The molecule has 0 aliphatic heterocycles. The second kappa shape index (κ2) is 6.26. The van der Waals surface area contributed by atoms with Gasteiger partial charge in [-0.3, -0.25) is 4.98 Å². The second-order valence-corrected chi connectivity index (χ2v) is 4.22. The average Bonchev–Trinajstić information content (AvgIpc) is 2.42. The van der Waals surface area contributed by atoms with Gasteiger partial charge >= 0.3 is 0 Å². The van der Waals surface area contributed by atoms with Gasteiger partial charge < -0.3 is 5.32 Å². The Morgan fingerprint density at radius 3 is 2.56 bits per heavy atom. The number of nitrogens with one attached hydrogen (secondary N) is 1. The highest BCUT2D eigenvalue weighted by Crippen LogP contribution is 2.20. The minimum Gasteiger partial charge on any atom is -0.306 e. The predicted octanol–water partition coefficient (Wildman–Crippen LogP) is 3.46. The molecule has 1 aromatic carbocycles. The highest BCUT2D eigenvalue weighted by molar-refractivity contribution is 5.21. The van der Waals surface area contributed by atoms with Crippen molar-refractivity contribution in [1.82, 2.24) is 10.3 Å². The van der Waals surface area contributed by atoms with E-state index in [1.54, 1.807) is 18.5 Å². The minimum atomic E-state index is -0.147. The Kier molecular flexibility index (Phi) is 4.42. The highest BCUT2D eigenvalue weighted by atomic mass is 19.1. The summed E-state index contributed by atoms with van der Waals surface area (Å²) >= 11 is 0. The maximum Gasteiger partial charge on any atom is 0.127 e. The normalized spacial score (nSPS) is 12.3. The first-order valence-corrected chi connectivity index (χ1v) is 6.18. The quantitative estimate of drug-likeness (QED) is 0.871. The fraction of sp³-hybridized carbons (Fsp3) is 0.267. The molecule has 2 aromatic rings. The van der Waals surface area contributed by atoms with E-state index in [2.05, 4.69) is 17.2 Å². The zero-order valence-corrected chi connectivity index (χ0v) is 10.4. The van der Waals surface area contributed by atoms with Crippen molar-refractivity contribution in [2.45, 2.75) is 25.9 Å². The standard InChI is InChI=1S/C15H17FN2/c1-2-15(13-5-3-4-6-14(13)16)18-11-12-7-9-17-10-8-12/h3-10,15,18H,2,11H2,1H3. The van der Waals surface area contributed by atoms with Gasteiger partial charge in [0.2, 0.25) is 0 Å². The monoisotopic (exact) mass is 244 g/mol. The molecule has 0 bridgehead atoms. The average molecular weight is 244 g/mol. The summed E-state index contributed by atoms with van der Waals surface area (Å²) in [7, 11) is 0. The Morgan fingerprint density at radius 1 is 1.17 bits per heavy atom. The van der Waals surface area contributed by atoms with Gasteiger partial charge in [0.25, 0.3) is 0 Å². The van der Waals surface area contributed by atoms with Crippen molar-refractivity contribution in [2.75, 3.05) is 0 Å². The van der Waals surface area contributed by atoms with Crippen LogP contribution in [0.25, 0.3) is 0 Å². The summed E-state index contributed by atoms with van der Waals surface area (Å²) in [5, 5.41) is 3.38. The number of benzene rings is 1.